The highest BCUT2D eigenvalue weighted by atomic mass is 35.5. The summed E-state index contributed by atoms with van der Waals surface area (Å²) in [5, 5.41) is 10.1. The van der Waals surface area contributed by atoms with Crippen LogP contribution in [0.2, 0.25) is 5.02 Å². The SMILES string of the molecule is O=C(CSc1ncn[nH]1)Nc1ccc(Cl)cc1C(=O)c1ccccc1. The molecule has 0 fully saturated rings. The first kappa shape index (κ1) is 17.2. The Morgan fingerprint density at radius 2 is 1.96 bits per heavy atom. The van der Waals surface area contributed by atoms with Crippen LogP contribution in [0, 0.1) is 0 Å². The number of carbonyl (C=O) groups excluding carboxylic acids is 2. The van der Waals surface area contributed by atoms with Crippen molar-refractivity contribution in [2.75, 3.05) is 11.1 Å². The molecule has 0 aliphatic heterocycles. The number of ketones is 1. The molecule has 3 rings (SSSR count). The second-order valence-electron chi connectivity index (χ2n) is 5.01. The van der Waals surface area contributed by atoms with E-state index < -0.39 is 0 Å². The van der Waals surface area contributed by atoms with E-state index in [2.05, 4.69) is 20.5 Å². The highest BCUT2D eigenvalue weighted by Crippen LogP contribution is 2.24. The molecule has 0 spiro atoms. The number of carbonyl (C=O) groups is 2. The molecule has 0 aliphatic rings. The summed E-state index contributed by atoms with van der Waals surface area (Å²) in [5.74, 6) is -0.330. The zero-order valence-corrected chi connectivity index (χ0v) is 14.5. The summed E-state index contributed by atoms with van der Waals surface area (Å²) >= 11 is 7.24. The molecule has 0 aliphatic carbocycles. The van der Waals surface area contributed by atoms with Crippen LogP contribution < -0.4 is 5.32 Å². The van der Waals surface area contributed by atoms with E-state index >= 15 is 0 Å². The maximum absolute atomic E-state index is 12.7. The van der Waals surface area contributed by atoms with Crippen molar-refractivity contribution in [2.45, 2.75) is 5.16 Å². The second-order valence-corrected chi connectivity index (χ2v) is 6.41. The number of benzene rings is 2. The smallest absolute Gasteiger partial charge is 0.234 e. The van der Waals surface area contributed by atoms with Crippen molar-refractivity contribution >= 4 is 40.7 Å². The van der Waals surface area contributed by atoms with Gasteiger partial charge in [-0.3, -0.25) is 14.7 Å². The number of thioether (sulfide) groups is 1. The van der Waals surface area contributed by atoms with E-state index in [4.69, 9.17) is 11.6 Å². The van der Waals surface area contributed by atoms with Crippen molar-refractivity contribution in [3.05, 3.63) is 71.0 Å². The molecule has 2 aromatic carbocycles. The van der Waals surface area contributed by atoms with Crippen molar-refractivity contribution in [3.8, 4) is 0 Å². The van der Waals surface area contributed by atoms with Crippen LogP contribution in [0.4, 0.5) is 5.69 Å². The minimum absolute atomic E-state index is 0.136. The van der Waals surface area contributed by atoms with Gasteiger partial charge in [0.15, 0.2) is 10.9 Å². The Labute approximate surface area is 153 Å². The lowest BCUT2D eigenvalue weighted by Gasteiger charge is -2.11. The molecule has 0 bridgehead atoms. The molecule has 1 heterocycles. The topological polar surface area (TPSA) is 87.7 Å². The number of H-pyrrole nitrogens is 1. The third-order valence-corrected chi connectivity index (χ3v) is 4.38. The van der Waals surface area contributed by atoms with Gasteiger partial charge in [-0.05, 0) is 18.2 Å². The van der Waals surface area contributed by atoms with Gasteiger partial charge in [0.25, 0.3) is 0 Å². The van der Waals surface area contributed by atoms with Gasteiger partial charge in [-0.2, -0.15) is 5.10 Å². The van der Waals surface area contributed by atoms with Crippen LogP contribution in [0.25, 0.3) is 0 Å². The van der Waals surface area contributed by atoms with Gasteiger partial charge < -0.3 is 5.32 Å². The summed E-state index contributed by atoms with van der Waals surface area (Å²) in [5.41, 5.74) is 1.29. The predicted octanol–water partition coefficient (Wildman–Crippen LogP) is 3.42. The van der Waals surface area contributed by atoms with Crippen LogP contribution in [0.1, 0.15) is 15.9 Å². The van der Waals surface area contributed by atoms with Crippen LogP contribution in [0.15, 0.2) is 60.0 Å². The molecule has 126 valence electrons. The summed E-state index contributed by atoms with van der Waals surface area (Å²) in [6.07, 6.45) is 1.37. The minimum Gasteiger partial charge on any atom is -0.325 e. The average Bonchev–Trinajstić information content (AvgIpc) is 3.15. The van der Waals surface area contributed by atoms with Crippen molar-refractivity contribution in [3.63, 3.8) is 0 Å². The third kappa shape index (κ3) is 4.46. The second kappa shape index (κ2) is 7.96. The van der Waals surface area contributed by atoms with Gasteiger partial charge in [0.2, 0.25) is 5.91 Å². The molecular weight excluding hydrogens is 360 g/mol. The van der Waals surface area contributed by atoms with Crippen LogP contribution in [0.5, 0.6) is 0 Å². The number of aromatic nitrogens is 3. The fraction of sp³-hybridized carbons (Fsp3) is 0.0588. The molecule has 1 amide bonds. The summed E-state index contributed by atoms with van der Waals surface area (Å²) in [4.78, 5) is 28.8. The molecule has 0 saturated carbocycles. The number of nitrogens with zero attached hydrogens (tertiary/aromatic N) is 2. The molecule has 1 aromatic heterocycles. The van der Waals surface area contributed by atoms with Gasteiger partial charge in [0.1, 0.15) is 6.33 Å². The molecule has 6 nitrogen and oxygen atoms in total. The number of nitrogens with one attached hydrogen (secondary N) is 2. The van der Waals surface area contributed by atoms with Crippen molar-refractivity contribution in [1.82, 2.24) is 15.2 Å². The highest BCUT2D eigenvalue weighted by Gasteiger charge is 2.16. The van der Waals surface area contributed by atoms with Crippen LogP contribution in [-0.2, 0) is 4.79 Å². The van der Waals surface area contributed by atoms with Gasteiger partial charge in [-0.15, -0.1) is 0 Å². The molecular formula is C17H13ClN4O2S. The van der Waals surface area contributed by atoms with Gasteiger partial charge in [0.05, 0.1) is 11.4 Å². The largest absolute Gasteiger partial charge is 0.325 e. The lowest BCUT2D eigenvalue weighted by Crippen LogP contribution is -2.17. The van der Waals surface area contributed by atoms with E-state index in [-0.39, 0.29) is 17.4 Å². The van der Waals surface area contributed by atoms with Crippen LogP contribution >= 0.6 is 23.4 Å². The number of anilines is 1. The first-order valence-corrected chi connectivity index (χ1v) is 8.67. The summed E-state index contributed by atoms with van der Waals surface area (Å²) in [6.45, 7) is 0. The zero-order chi connectivity index (χ0) is 17.6. The molecule has 25 heavy (non-hydrogen) atoms. The first-order chi connectivity index (χ1) is 12.1. The Kier molecular flexibility index (Phi) is 5.47. The predicted molar refractivity (Wildman–Crippen MR) is 97.1 cm³/mol. The number of rotatable bonds is 6. The molecule has 0 atom stereocenters. The standard InChI is InChI=1S/C17H13ClN4O2S/c18-12-6-7-14(21-15(23)9-25-17-19-10-20-22-17)13(8-12)16(24)11-4-2-1-3-5-11/h1-8,10H,9H2,(H,21,23)(H,19,20,22). The maximum atomic E-state index is 12.7. The lowest BCUT2D eigenvalue weighted by atomic mass is 10.0. The Balaban J connectivity index is 1.77. The van der Waals surface area contributed by atoms with E-state index in [0.29, 0.717) is 27.0 Å². The van der Waals surface area contributed by atoms with Crippen molar-refractivity contribution in [1.29, 1.82) is 0 Å². The minimum atomic E-state index is -0.258. The molecule has 2 N–H and O–H groups in total. The number of aromatic amines is 1. The molecule has 0 saturated heterocycles. The summed E-state index contributed by atoms with van der Waals surface area (Å²) < 4.78 is 0. The molecule has 0 radical (unpaired) electrons. The van der Waals surface area contributed by atoms with Crippen molar-refractivity contribution in [2.24, 2.45) is 0 Å². The van der Waals surface area contributed by atoms with E-state index in [1.54, 1.807) is 42.5 Å². The summed E-state index contributed by atoms with van der Waals surface area (Å²) in [7, 11) is 0. The van der Waals surface area contributed by atoms with Gasteiger partial charge in [0, 0.05) is 16.1 Å². The van der Waals surface area contributed by atoms with E-state index in [1.807, 2.05) is 6.07 Å². The number of hydrogen-bond acceptors (Lipinski definition) is 5. The highest BCUT2D eigenvalue weighted by molar-refractivity contribution is 7.99. The lowest BCUT2D eigenvalue weighted by molar-refractivity contribution is -0.113. The van der Waals surface area contributed by atoms with E-state index in [0.717, 1.165) is 0 Å². The average molecular weight is 373 g/mol. The quantitative estimate of drug-likeness (QED) is 0.511. The number of hydrogen-bond donors (Lipinski definition) is 2. The summed E-state index contributed by atoms with van der Waals surface area (Å²) in [6, 6.07) is 13.6. The van der Waals surface area contributed by atoms with Crippen molar-refractivity contribution < 1.29 is 9.59 Å². The molecule has 3 aromatic rings. The first-order valence-electron chi connectivity index (χ1n) is 7.31. The fourth-order valence-electron chi connectivity index (χ4n) is 2.14. The van der Waals surface area contributed by atoms with Crippen LogP contribution in [0.3, 0.4) is 0 Å². The number of amides is 1. The monoisotopic (exact) mass is 372 g/mol. The van der Waals surface area contributed by atoms with Crippen LogP contribution in [-0.4, -0.2) is 32.6 Å². The normalized spacial score (nSPS) is 10.4. The molecule has 8 heteroatoms. The Morgan fingerprint density at radius 1 is 1.16 bits per heavy atom. The third-order valence-electron chi connectivity index (χ3n) is 3.27. The molecule has 0 unspecified atom stereocenters. The van der Waals surface area contributed by atoms with Gasteiger partial charge in [-0.25, -0.2) is 4.98 Å². The Morgan fingerprint density at radius 3 is 2.68 bits per heavy atom. The fourth-order valence-corrected chi connectivity index (χ4v) is 2.89. The van der Waals surface area contributed by atoms with E-state index in [9.17, 15) is 9.59 Å². The van der Waals surface area contributed by atoms with Gasteiger partial charge >= 0.3 is 0 Å². The number of halogens is 1. The van der Waals surface area contributed by atoms with Gasteiger partial charge in [-0.1, -0.05) is 53.7 Å². The Hall–Kier alpha value is -2.64. The Bertz CT molecular complexity index is 885. The zero-order valence-electron chi connectivity index (χ0n) is 12.9. The van der Waals surface area contributed by atoms with E-state index in [1.165, 1.54) is 18.1 Å². The maximum Gasteiger partial charge on any atom is 0.234 e.